The fourth-order valence-electron chi connectivity index (χ4n) is 2.20. The number of benzene rings is 2. The van der Waals surface area contributed by atoms with Crippen LogP contribution >= 0.6 is 0 Å². The molecule has 0 heterocycles. The van der Waals surface area contributed by atoms with Gasteiger partial charge < -0.3 is 5.11 Å². The fraction of sp³-hybridized carbons (Fsp3) is 0.294. The lowest BCUT2D eigenvalue weighted by atomic mass is 9.87. The number of hydrogen-bond acceptors (Lipinski definition) is 1. The molecule has 1 unspecified atom stereocenters. The Hall–Kier alpha value is -1.67. The van der Waals surface area contributed by atoms with Crippen molar-refractivity contribution >= 4 is 0 Å². The Bertz CT molecular complexity index is 556. The highest BCUT2D eigenvalue weighted by atomic mass is 19.1. The van der Waals surface area contributed by atoms with E-state index in [1.165, 1.54) is 11.6 Å². The van der Waals surface area contributed by atoms with Crippen molar-refractivity contribution < 1.29 is 9.50 Å². The van der Waals surface area contributed by atoms with Gasteiger partial charge in [0.15, 0.2) is 0 Å². The Balaban J connectivity index is 2.42. The summed E-state index contributed by atoms with van der Waals surface area (Å²) in [5.74, 6) is 0.0490. The zero-order valence-corrected chi connectivity index (χ0v) is 11.5. The van der Waals surface area contributed by atoms with Crippen molar-refractivity contribution in [2.45, 2.75) is 32.3 Å². The molecule has 1 N–H and O–H groups in total. The molecule has 0 aliphatic carbocycles. The van der Waals surface area contributed by atoms with Crippen molar-refractivity contribution in [3.8, 4) is 0 Å². The number of rotatable bonds is 3. The first-order valence-electron chi connectivity index (χ1n) is 6.50. The van der Waals surface area contributed by atoms with E-state index in [9.17, 15) is 9.50 Å². The summed E-state index contributed by atoms with van der Waals surface area (Å²) in [7, 11) is 0. The molecule has 100 valence electrons. The Morgan fingerprint density at radius 1 is 1.00 bits per heavy atom. The summed E-state index contributed by atoms with van der Waals surface area (Å²) >= 11 is 0. The Labute approximate surface area is 113 Å². The predicted molar refractivity (Wildman–Crippen MR) is 75.6 cm³/mol. The van der Waals surface area contributed by atoms with Crippen molar-refractivity contribution in [3.63, 3.8) is 0 Å². The van der Waals surface area contributed by atoms with E-state index in [2.05, 4.69) is 13.8 Å². The van der Waals surface area contributed by atoms with Crippen molar-refractivity contribution in [2.75, 3.05) is 0 Å². The molecule has 0 amide bonds. The molecular formula is C17H19FO. The van der Waals surface area contributed by atoms with Crippen LogP contribution in [0.1, 0.15) is 43.4 Å². The second kappa shape index (κ2) is 5.14. The van der Waals surface area contributed by atoms with Gasteiger partial charge in [-0.3, -0.25) is 0 Å². The summed E-state index contributed by atoms with van der Waals surface area (Å²) in [6.07, 6.45) is 0. The van der Waals surface area contributed by atoms with Crippen LogP contribution in [0.25, 0.3) is 0 Å². The fourth-order valence-corrected chi connectivity index (χ4v) is 2.20. The number of hydrogen-bond donors (Lipinski definition) is 1. The molecule has 1 nitrogen and oxygen atoms in total. The molecule has 0 aliphatic heterocycles. The minimum Gasteiger partial charge on any atom is -0.381 e. The highest BCUT2D eigenvalue weighted by molar-refractivity contribution is 5.37. The summed E-state index contributed by atoms with van der Waals surface area (Å²) < 4.78 is 13.8. The van der Waals surface area contributed by atoms with Gasteiger partial charge in [-0.15, -0.1) is 0 Å². The summed E-state index contributed by atoms with van der Waals surface area (Å²) in [6.45, 7) is 5.85. The van der Waals surface area contributed by atoms with Crippen LogP contribution in [0.3, 0.4) is 0 Å². The second-order valence-corrected chi connectivity index (χ2v) is 5.33. The predicted octanol–water partition coefficient (Wildman–Crippen LogP) is 4.20. The molecule has 2 rings (SSSR count). The highest BCUT2D eigenvalue weighted by Gasteiger charge is 2.28. The van der Waals surface area contributed by atoms with Crippen LogP contribution in [0.5, 0.6) is 0 Å². The van der Waals surface area contributed by atoms with Gasteiger partial charge in [-0.05, 0) is 30.0 Å². The SMILES string of the molecule is CC(C)c1ccc(C(C)(O)c2ccccc2F)cc1. The van der Waals surface area contributed by atoms with Gasteiger partial charge in [-0.1, -0.05) is 56.3 Å². The summed E-state index contributed by atoms with van der Waals surface area (Å²) in [5.41, 5.74) is 0.878. The van der Waals surface area contributed by atoms with Crippen LogP contribution in [0.15, 0.2) is 48.5 Å². The van der Waals surface area contributed by atoms with Crippen molar-refractivity contribution in [1.82, 2.24) is 0 Å². The van der Waals surface area contributed by atoms with Crippen LogP contribution in [0.4, 0.5) is 4.39 Å². The van der Waals surface area contributed by atoms with E-state index in [1.807, 2.05) is 24.3 Å². The number of aliphatic hydroxyl groups is 1. The van der Waals surface area contributed by atoms with Crippen molar-refractivity contribution in [2.24, 2.45) is 0 Å². The van der Waals surface area contributed by atoms with Crippen molar-refractivity contribution in [1.29, 1.82) is 0 Å². The van der Waals surface area contributed by atoms with E-state index >= 15 is 0 Å². The van der Waals surface area contributed by atoms with Gasteiger partial charge in [0.1, 0.15) is 11.4 Å². The van der Waals surface area contributed by atoms with E-state index < -0.39 is 5.60 Å². The molecule has 2 heteroatoms. The molecular weight excluding hydrogens is 239 g/mol. The average Bonchev–Trinajstić information content (AvgIpc) is 2.39. The van der Waals surface area contributed by atoms with Gasteiger partial charge in [0.25, 0.3) is 0 Å². The quantitative estimate of drug-likeness (QED) is 0.874. The molecule has 0 spiro atoms. The topological polar surface area (TPSA) is 20.2 Å². The van der Waals surface area contributed by atoms with Gasteiger partial charge >= 0.3 is 0 Å². The summed E-state index contributed by atoms with van der Waals surface area (Å²) in [4.78, 5) is 0. The lowest BCUT2D eigenvalue weighted by Crippen LogP contribution is -2.24. The zero-order valence-electron chi connectivity index (χ0n) is 11.5. The maximum atomic E-state index is 13.8. The smallest absolute Gasteiger partial charge is 0.129 e. The summed E-state index contributed by atoms with van der Waals surface area (Å²) in [5, 5.41) is 10.6. The molecule has 0 fully saturated rings. The molecule has 0 saturated carbocycles. The first-order chi connectivity index (χ1) is 8.93. The lowest BCUT2D eigenvalue weighted by Gasteiger charge is -2.25. The van der Waals surface area contributed by atoms with E-state index in [4.69, 9.17) is 0 Å². The molecule has 0 bridgehead atoms. The molecule has 0 saturated heterocycles. The van der Waals surface area contributed by atoms with Gasteiger partial charge in [-0.2, -0.15) is 0 Å². The molecule has 19 heavy (non-hydrogen) atoms. The number of halogens is 1. The van der Waals surface area contributed by atoms with E-state index in [0.29, 0.717) is 17.0 Å². The van der Waals surface area contributed by atoms with Gasteiger partial charge in [0.2, 0.25) is 0 Å². The van der Waals surface area contributed by atoms with E-state index in [0.717, 1.165) is 0 Å². The Kier molecular flexibility index (Phi) is 3.72. The average molecular weight is 258 g/mol. The van der Waals surface area contributed by atoms with Gasteiger partial charge in [0.05, 0.1) is 0 Å². The maximum Gasteiger partial charge on any atom is 0.129 e. The Morgan fingerprint density at radius 2 is 1.58 bits per heavy atom. The summed E-state index contributed by atoms with van der Waals surface area (Å²) in [6, 6.07) is 14.0. The maximum absolute atomic E-state index is 13.8. The molecule has 0 radical (unpaired) electrons. The zero-order chi connectivity index (χ0) is 14.0. The largest absolute Gasteiger partial charge is 0.381 e. The standard InChI is InChI=1S/C17H19FO/c1-12(2)13-8-10-14(11-9-13)17(3,19)15-6-4-5-7-16(15)18/h4-12,19H,1-3H3. The highest BCUT2D eigenvalue weighted by Crippen LogP contribution is 2.31. The van der Waals surface area contributed by atoms with Crippen LogP contribution in [-0.2, 0) is 5.60 Å². The van der Waals surface area contributed by atoms with Gasteiger partial charge in [-0.25, -0.2) is 4.39 Å². The molecule has 2 aromatic carbocycles. The minimum atomic E-state index is -1.32. The Morgan fingerprint density at radius 3 is 2.11 bits per heavy atom. The monoisotopic (exact) mass is 258 g/mol. The third-order valence-electron chi connectivity index (χ3n) is 3.54. The van der Waals surface area contributed by atoms with Crippen LogP contribution in [0.2, 0.25) is 0 Å². The third kappa shape index (κ3) is 2.69. The van der Waals surface area contributed by atoms with Gasteiger partial charge in [0, 0.05) is 5.56 Å². The molecule has 2 aromatic rings. The first-order valence-corrected chi connectivity index (χ1v) is 6.50. The normalized spacial score (nSPS) is 14.4. The van der Waals surface area contributed by atoms with Crippen LogP contribution in [0, 0.1) is 5.82 Å². The van der Waals surface area contributed by atoms with Crippen molar-refractivity contribution in [3.05, 3.63) is 71.0 Å². The van der Waals surface area contributed by atoms with Crippen LogP contribution < -0.4 is 0 Å². The first kappa shape index (κ1) is 13.8. The minimum absolute atomic E-state index is 0.298. The second-order valence-electron chi connectivity index (χ2n) is 5.33. The van der Waals surface area contributed by atoms with E-state index in [-0.39, 0.29) is 5.82 Å². The molecule has 0 aromatic heterocycles. The lowest BCUT2D eigenvalue weighted by molar-refractivity contribution is 0.0979. The third-order valence-corrected chi connectivity index (χ3v) is 3.54. The molecule has 1 atom stereocenters. The van der Waals surface area contributed by atoms with E-state index in [1.54, 1.807) is 25.1 Å². The van der Waals surface area contributed by atoms with Crippen LogP contribution in [-0.4, -0.2) is 5.11 Å². The molecule has 0 aliphatic rings.